The number of nitrogens with zero attached hydrogens (tertiary/aromatic N) is 2. The molecule has 0 aromatic carbocycles. The Labute approximate surface area is 107 Å². The van der Waals surface area contributed by atoms with Gasteiger partial charge in [0, 0.05) is 24.0 Å². The number of nitrogens with two attached hydrogens (primary N) is 1. The molecule has 92 valence electrons. The van der Waals surface area contributed by atoms with E-state index in [2.05, 4.69) is 9.97 Å². The number of aromatic nitrogens is 3. The van der Waals surface area contributed by atoms with Gasteiger partial charge in [-0.2, -0.15) is 0 Å². The summed E-state index contributed by atoms with van der Waals surface area (Å²) in [7, 11) is 0. The molecule has 0 aliphatic carbocycles. The zero-order valence-corrected chi connectivity index (χ0v) is 10.1. The van der Waals surface area contributed by atoms with Crippen LogP contribution in [0.1, 0.15) is 11.3 Å². The zero-order chi connectivity index (χ0) is 13.1. The van der Waals surface area contributed by atoms with Crippen LogP contribution in [0.25, 0.3) is 0 Å². The Morgan fingerprint density at radius 2 is 2.22 bits per heavy atom. The van der Waals surface area contributed by atoms with E-state index in [1.165, 1.54) is 16.8 Å². The molecule has 0 fully saturated rings. The molecule has 0 unspecified atom stereocenters. The fraction of sp³-hybridized carbons (Fsp3) is 0.0909. The van der Waals surface area contributed by atoms with E-state index in [1.807, 2.05) is 0 Å². The second kappa shape index (κ2) is 4.92. The first-order chi connectivity index (χ1) is 8.58. The van der Waals surface area contributed by atoms with Gasteiger partial charge in [0.2, 0.25) is 0 Å². The summed E-state index contributed by atoms with van der Waals surface area (Å²) in [5.41, 5.74) is 5.83. The van der Waals surface area contributed by atoms with Crippen molar-refractivity contribution in [2.45, 2.75) is 6.54 Å². The van der Waals surface area contributed by atoms with Crippen LogP contribution in [-0.2, 0) is 6.54 Å². The molecular formula is C11H10N4O2S. The molecule has 0 aliphatic rings. The Bertz CT molecular complexity index is 704. The summed E-state index contributed by atoms with van der Waals surface area (Å²) < 4.78 is 1.35. The van der Waals surface area contributed by atoms with Crippen LogP contribution < -0.4 is 17.0 Å². The standard InChI is InChI=1S/C11H10N4O2S/c12-10(18)9-7(2-1-4-13-9)6-15-5-3-8(16)14-11(15)17/h1-5H,6H2,(H2,12,18)(H,14,16,17). The minimum absolute atomic E-state index is 0.170. The summed E-state index contributed by atoms with van der Waals surface area (Å²) in [5, 5.41) is 0. The molecule has 0 aliphatic heterocycles. The lowest BCUT2D eigenvalue weighted by atomic mass is 10.2. The fourth-order valence-electron chi connectivity index (χ4n) is 1.54. The second-order valence-corrected chi connectivity index (χ2v) is 4.05. The average molecular weight is 262 g/mol. The highest BCUT2D eigenvalue weighted by atomic mass is 32.1. The Balaban J connectivity index is 2.43. The van der Waals surface area contributed by atoms with Crippen molar-refractivity contribution in [3.05, 3.63) is 62.7 Å². The van der Waals surface area contributed by atoms with Crippen molar-refractivity contribution in [2.75, 3.05) is 0 Å². The van der Waals surface area contributed by atoms with Crippen molar-refractivity contribution in [1.82, 2.24) is 14.5 Å². The number of nitrogens with one attached hydrogen (secondary N) is 1. The van der Waals surface area contributed by atoms with Crippen LogP contribution in [0.4, 0.5) is 0 Å². The summed E-state index contributed by atoms with van der Waals surface area (Å²) in [6.45, 7) is 0.246. The van der Waals surface area contributed by atoms with Crippen LogP contribution in [0.15, 0.2) is 40.2 Å². The third-order valence-corrected chi connectivity index (χ3v) is 2.56. The summed E-state index contributed by atoms with van der Waals surface area (Å²) >= 11 is 4.89. The van der Waals surface area contributed by atoms with E-state index < -0.39 is 11.2 Å². The molecule has 2 heterocycles. The van der Waals surface area contributed by atoms with Gasteiger partial charge in [-0.05, 0) is 6.07 Å². The lowest BCUT2D eigenvalue weighted by Crippen LogP contribution is -2.29. The topological polar surface area (TPSA) is 93.8 Å². The van der Waals surface area contributed by atoms with Crippen molar-refractivity contribution >= 4 is 17.2 Å². The third kappa shape index (κ3) is 2.51. The molecule has 3 N–H and O–H groups in total. The molecule has 0 amide bonds. The van der Waals surface area contributed by atoms with Crippen LogP contribution in [0.5, 0.6) is 0 Å². The highest BCUT2D eigenvalue weighted by molar-refractivity contribution is 7.80. The maximum Gasteiger partial charge on any atom is 0.328 e. The van der Waals surface area contributed by atoms with E-state index in [0.717, 1.165) is 5.56 Å². The van der Waals surface area contributed by atoms with Gasteiger partial charge in [0.15, 0.2) is 0 Å². The van der Waals surface area contributed by atoms with Crippen LogP contribution in [-0.4, -0.2) is 19.5 Å². The molecule has 0 radical (unpaired) electrons. The zero-order valence-electron chi connectivity index (χ0n) is 9.29. The number of hydrogen-bond acceptors (Lipinski definition) is 4. The Kier molecular flexibility index (Phi) is 3.33. The number of aromatic amines is 1. The lowest BCUT2D eigenvalue weighted by Gasteiger charge is -2.08. The van der Waals surface area contributed by atoms with Gasteiger partial charge in [-0.3, -0.25) is 19.3 Å². The molecule has 0 saturated heterocycles. The molecule has 0 saturated carbocycles. The fourth-order valence-corrected chi connectivity index (χ4v) is 1.72. The van der Waals surface area contributed by atoms with Gasteiger partial charge in [0.05, 0.1) is 6.54 Å². The maximum atomic E-state index is 11.5. The molecule has 2 aromatic heterocycles. The van der Waals surface area contributed by atoms with E-state index in [0.29, 0.717) is 5.69 Å². The third-order valence-electron chi connectivity index (χ3n) is 2.36. The van der Waals surface area contributed by atoms with E-state index in [4.69, 9.17) is 18.0 Å². The highest BCUT2D eigenvalue weighted by Crippen LogP contribution is 2.06. The maximum absolute atomic E-state index is 11.5. The Hall–Kier alpha value is -2.28. The minimum atomic E-state index is -0.486. The number of H-pyrrole nitrogens is 1. The van der Waals surface area contributed by atoms with E-state index in [1.54, 1.807) is 18.3 Å². The van der Waals surface area contributed by atoms with Gasteiger partial charge in [-0.25, -0.2) is 4.79 Å². The average Bonchev–Trinajstić information content (AvgIpc) is 2.33. The first kappa shape index (κ1) is 12.2. The summed E-state index contributed by atoms with van der Waals surface area (Å²) in [6, 6.07) is 4.78. The van der Waals surface area contributed by atoms with Crippen LogP contribution in [0, 0.1) is 0 Å². The second-order valence-electron chi connectivity index (χ2n) is 3.61. The molecule has 2 rings (SSSR count). The number of hydrogen-bond donors (Lipinski definition) is 2. The van der Waals surface area contributed by atoms with Crippen molar-refractivity contribution in [1.29, 1.82) is 0 Å². The van der Waals surface area contributed by atoms with Gasteiger partial charge in [0.25, 0.3) is 5.56 Å². The molecule has 7 heteroatoms. The van der Waals surface area contributed by atoms with Crippen LogP contribution in [0.2, 0.25) is 0 Å². The number of thiocarbonyl (C=S) groups is 1. The molecule has 18 heavy (non-hydrogen) atoms. The monoisotopic (exact) mass is 262 g/mol. The van der Waals surface area contributed by atoms with Crippen molar-refractivity contribution < 1.29 is 0 Å². The lowest BCUT2D eigenvalue weighted by molar-refractivity contribution is 0.717. The van der Waals surface area contributed by atoms with Crippen molar-refractivity contribution in [2.24, 2.45) is 5.73 Å². The number of rotatable bonds is 3. The molecular weight excluding hydrogens is 252 g/mol. The minimum Gasteiger partial charge on any atom is -0.388 e. The SMILES string of the molecule is NC(=S)c1ncccc1Cn1ccc(=O)[nH]c1=O. The quantitative estimate of drug-likeness (QED) is 0.735. The Morgan fingerprint density at radius 3 is 2.89 bits per heavy atom. The first-order valence-electron chi connectivity index (χ1n) is 5.11. The molecule has 0 spiro atoms. The Morgan fingerprint density at radius 1 is 1.44 bits per heavy atom. The summed E-state index contributed by atoms with van der Waals surface area (Å²) in [6.07, 6.45) is 2.99. The van der Waals surface area contributed by atoms with E-state index in [-0.39, 0.29) is 11.5 Å². The van der Waals surface area contributed by atoms with Gasteiger partial charge >= 0.3 is 5.69 Å². The summed E-state index contributed by atoms with van der Waals surface area (Å²) in [4.78, 5) is 28.9. The van der Waals surface area contributed by atoms with Gasteiger partial charge in [-0.1, -0.05) is 18.3 Å². The van der Waals surface area contributed by atoms with E-state index >= 15 is 0 Å². The smallest absolute Gasteiger partial charge is 0.328 e. The predicted octanol–water partition coefficient (Wildman–Crippen LogP) is -0.386. The van der Waals surface area contributed by atoms with Crippen molar-refractivity contribution in [3.8, 4) is 0 Å². The molecule has 0 bridgehead atoms. The first-order valence-corrected chi connectivity index (χ1v) is 5.52. The predicted molar refractivity (Wildman–Crippen MR) is 70.5 cm³/mol. The molecule has 2 aromatic rings. The van der Waals surface area contributed by atoms with Gasteiger partial charge < -0.3 is 5.73 Å². The van der Waals surface area contributed by atoms with Gasteiger partial charge in [-0.15, -0.1) is 0 Å². The van der Waals surface area contributed by atoms with E-state index in [9.17, 15) is 9.59 Å². The molecule has 6 nitrogen and oxygen atoms in total. The van der Waals surface area contributed by atoms with Gasteiger partial charge in [0.1, 0.15) is 10.7 Å². The van der Waals surface area contributed by atoms with Crippen molar-refractivity contribution in [3.63, 3.8) is 0 Å². The highest BCUT2D eigenvalue weighted by Gasteiger charge is 2.07. The largest absolute Gasteiger partial charge is 0.388 e. The normalized spacial score (nSPS) is 10.2. The van der Waals surface area contributed by atoms with Crippen LogP contribution in [0.3, 0.4) is 0 Å². The van der Waals surface area contributed by atoms with Crippen LogP contribution >= 0.6 is 12.2 Å². The number of pyridine rings is 1. The molecule has 0 atom stereocenters. The summed E-state index contributed by atoms with van der Waals surface area (Å²) in [5.74, 6) is 0.